The van der Waals surface area contributed by atoms with Crippen LogP contribution in [0.5, 0.6) is 5.75 Å². The van der Waals surface area contributed by atoms with Crippen LogP contribution in [0, 0.1) is 0 Å². The summed E-state index contributed by atoms with van der Waals surface area (Å²) >= 11 is 0. The van der Waals surface area contributed by atoms with Gasteiger partial charge in [-0.15, -0.1) is 0 Å². The smallest absolute Gasteiger partial charge is 0.262 e. The Balaban J connectivity index is 1.46. The number of para-hydroxylation sites is 1. The zero-order chi connectivity index (χ0) is 18.2. The molecule has 0 aliphatic heterocycles. The maximum atomic E-state index is 12.3. The lowest BCUT2D eigenvalue weighted by Crippen LogP contribution is -2.36. The minimum atomic E-state index is -0.227. The zero-order valence-electron chi connectivity index (χ0n) is 14.7. The second-order valence-corrected chi connectivity index (χ2v) is 6.54. The number of benzene rings is 2. The van der Waals surface area contributed by atoms with E-state index in [1.165, 1.54) is 19.3 Å². The first-order chi connectivity index (χ1) is 12.7. The standard InChI is InChI=1S/C21H24N2O3/c24-20(22-17-7-3-1-4-8-17)15-26-19-13-11-16(12-14-19)21(25)23-18-9-5-2-6-10-18/h1,3-4,7-8,11-14,18H,2,5-6,9-10,15H2,(H,22,24)(H,23,25). The highest BCUT2D eigenvalue weighted by atomic mass is 16.5. The molecule has 1 aliphatic carbocycles. The second kappa shape index (κ2) is 9.04. The molecule has 1 fully saturated rings. The van der Waals surface area contributed by atoms with Gasteiger partial charge in [0.05, 0.1) is 0 Å². The summed E-state index contributed by atoms with van der Waals surface area (Å²) < 4.78 is 5.48. The van der Waals surface area contributed by atoms with Crippen LogP contribution in [0.1, 0.15) is 42.5 Å². The Bertz CT molecular complexity index is 723. The first-order valence-corrected chi connectivity index (χ1v) is 9.09. The third-order valence-corrected chi connectivity index (χ3v) is 4.48. The van der Waals surface area contributed by atoms with Crippen molar-refractivity contribution in [3.05, 3.63) is 60.2 Å². The topological polar surface area (TPSA) is 67.4 Å². The zero-order valence-corrected chi connectivity index (χ0v) is 14.7. The van der Waals surface area contributed by atoms with E-state index in [1.54, 1.807) is 24.3 Å². The normalized spacial score (nSPS) is 14.5. The van der Waals surface area contributed by atoms with Crippen molar-refractivity contribution in [2.24, 2.45) is 0 Å². The lowest BCUT2D eigenvalue weighted by Gasteiger charge is -2.22. The molecule has 0 saturated heterocycles. The van der Waals surface area contributed by atoms with E-state index in [-0.39, 0.29) is 24.5 Å². The fraction of sp³-hybridized carbons (Fsp3) is 0.333. The predicted octanol–water partition coefficient (Wildman–Crippen LogP) is 3.77. The molecule has 1 saturated carbocycles. The second-order valence-electron chi connectivity index (χ2n) is 6.54. The van der Waals surface area contributed by atoms with Crippen molar-refractivity contribution in [3.63, 3.8) is 0 Å². The molecule has 0 bridgehead atoms. The molecule has 3 rings (SSSR count). The molecule has 2 aromatic carbocycles. The summed E-state index contributed by atoms with van der Waals surface area (Å²) in [5.41, 5.74) is 1.34. The molecular weight excluding hydrogens is 328 g/mol. The fourth-order valence-electron chi connectivity index (χ4n) is 3.09. The van der Waals surface area contributed by atoms with Gasteiger partial charge in [0.25, 0.3) is 11.8 Å². The van der Waals surface area contributed by atoms with Gasteiger partial charge < -0.3 is 15.4 Å². The summed E-state index contributed by atoms with van der Waals surface area (Å²) in [4.78, 5) is 24.2. The Morgan fingerprint density at radius 3 is 2.31 bits per heavy atom. The lowest BCUT2D eigenvalue weighted by molar-refractivity contribution is -0.118. The molecule has 2 aromatic rings. The lowest BCUT2D eigenvalue weighted by atomic mass is 9.95. The number of carbonyl (C=O) groups excluding carboxylic acids is 2. The van der Waals surface area contributed by atoms with E-state index in [0.717, 1.165) is 18.5 Å². The number of anilines is 1. The molecule has 0 radical (unpaired) electrons. The summed E-state index contributed by atoms with van der Waals surface area (Å²) in [6.07, 6.45) is 5.74. The molecule has 1 aliphatic rings. The van der Waals surface area contributed by atoms with Gasteiger partial charge in [-0.2, -0.15) is 0 Å². The minimum Gasteiger partial charge on any atom is -0.484 e. The Morgan fingerprint density at radius 2 is 1.62 bits per heavy atom. The maximum absolute atomic E-state index is 12.3. The van der Waals surface area contributed by atoms with E-state index < -0.39 is 0 Å². The highest BCUT2D eigenvalue weighted by Gasteiger charge is 2.16. The number of amides is 2. The number of hydrogen-bond acceptors (Lipinski definition) is 3. The number of carbonyl (C=O) groups is 2. The fourth-order valence-corrected chi connectivity index (χ4v) is 3.09. The molecule has 136 valence electrons. The van der Waals surface area contributed by atoms with Gasteiger partial charge in [0, 0.05) is 17.3 Å². The van der Waals surface area contributed by atoms with Crippen molar-refractivity contribution in [2.45, 2.75) is 38.1 Å². The van der Waals surface area contributed by atoms with Gasteiger partial charge in [0.1, 0.15) is 5.75 Å². The van der Waals surface area contributed by atoms with Crippen molar-refractivity contribution in [1.29, 1.82) is 0 Å². The van der Waals surface area contributed by atoms with Crippen molar-refractivity contribution in [3.8, 4) is 5.75 Å². The van der Waals surface area contributed by atoms with Gasteiger partial charge in [0.15, 0.2) is 6.61 Å². The molecule has 5 nitrogen and oxygen atoms in total. The molecule has 0 aromatic heterocycles. The number of ether oxygens (including phenoxy) is 1. The van der Waals surface area contributed by atoms with Gasteiger partial charge in [-0.05, 0) is 49.2 Å². The van der Waals surface area contributed by atoms with Crippen molar-refractivity contribution >= 4 is 17.5 Å². The monoisotopic (exact) mass is 352 g/mol. The molecular formula is C21H24N2O3. The molecule has 0 heterocycles. The molecule has 0 atom stereocenters. The van der Waals surface area contributed by atoms with E-state index in [4.69, 9.17) is 4.74 Å². The highest BCUT2D eigenvalue weighted by Crippen LogP contribution is 2.18. The molecule has 5 heteroatoms. The van der Waals surface area contributed by atoms with Crippen molar-refractivity contribution < 1.29 is 14.3 Å². The van der Waals surface area contributed by atoms with Crippen LogP contribution in [0.3, 0.4) is 0 Å². The quantitative estimate of drug-likeness (QED) is 0.832. The summed E-state index contributed by atoms with van der Waals surface area (Å²) in [6, 6.07) is 16.4. The van der Waals surface area contributed by atoms with Crippen LogP contribution in [0.4, 0.5) is 5.69 Å². The van der Waals surface area contributed by atoms with Crippen LogP contribution >= 0.6 is 0 Å². The minimum absolute atomic E-state index is 0.0507. The molecule has 26 heavy (non-hydrogen) atoms. The van der Waals surface area contributed by atoms with Gasteiger partial charge in [0.2, 0.25) is 0 Å². The van der Waals surface area contributed by atoms with E-state index in [9.17, 15) is 9.59 Å². The van der Waals surface area contributed by atoms with Crippen LogP contribution in [0.15, 0.2) is 54.6 Å². The summed E-state index contributed by atoms with van der Waals surface area (Å²) in [5.74, 6) is 0.281. The molecule has 0 unspecified atom stereocenters. The van der Waals surface area contributed by atoms with E-state index in [0.29, 0.717) is 11.3 Å². The average Bonchev–Trinajstić information content (AvgIpc) is 2.68. The first-order valence-electron chi connectivity index (χ1n) is 9.09. The van der Waals surface area contributed by atoms with Gasteiger partial charge in [-0.3, -0.25) is 9.59 Å². The van der Waals surface area contributed by atoms with E-state index in [2.05, 4.69) is 10.6 Å². The van der Waals surface area contributed by atoms with Crippen LogP contribution in [0.25, 0.3) is 0 Å². The molecule has 2 N–H and O–H groups in total. The van der Waals surface area contributed by atoms with Gasteiger partial charge in [-0.25, -0.2) is 0 Å². The maximum Gasteiger partial charge on any atom is 0.262 e. The van der Waals surface area contributed by atoms with Crippen molar-refractivity contribution in [2.75, 3.05) is 11.9 Å². The summed E-state index contributed by atoms with van der Waals surface area (Å²) in [5, 5.41) is 5.85. The summed E-state index contributed by atoms with van der Waals surface area (Å²) in [7, 11) is 0. The number of hydrogen-bond donors (Lipinski definition) is 2. The molecule has 0 spiro atoms. The Kier molecular flexibility index (Phi) is 6.25. The SMILES string of the molecule is O=C(COc1ccc(C(=O)NC2CCCCC2)cc1)Nc1ccccc1. The van der Waals surface area contributed by atoms with Crippen LogP contribution < -0.4 is 15.4 Å². The third kappa shape index (κ3) is 5.34. The average molecular weight is 352 g/mol. The van der Waals surface area contributed by atoms with Crippen LogP contribution in [-0.4, -0.2) is 24.5 Å². The van der Waals surface area contributed by atoms with Gasteiger partial charge >= 0.3 is 0 Å². The van der Waals surface area contributed by atoms with Crippen LogP contribution in [0.2, 0.25) is 0 Å². The van der Waals surface area contributed by atoms with E-state index >= 15 is 0 Å². The Hall–Kier alpha value is -2.82. The number of nitrogens with one attached hydrogen (secondary N) is 2. The number of rotatable bonds is 6. The van der Waals surface area contributed by atoms with Crippen molar-refractivity contribution in [1.82, 2.24) is 5.32 Å². The molecule has 2 amide bonds. The Morgan fingerprint density at radius 1 is 0.923 bits per heavy atom. The summed E-state index contributed by atoms with van der Waals surface area (Å²) in [6.45, 7) is -0.0808. The van der Waals surface area contributed by atoms with Gasteiger partial charge in [-0.1, -0.05) is 37.5 Å². The highest BCUT2D eigenvalue weighted by molar-refractivity contribution is 5.94. The predicted molar refractivity (Wildman–Crippen MR) is 101 cm³/mol. The third-order valence-electron chi connectivity index (χ3n) is 4.48. The van der Waals surface area contributed by atoms with E-state index in [1.807, 2.05) is 30.3 Å². The van der Waals surface area contributed by atoms with Crippen LogP contribution in [-0.2, 0) is 4.79 Å². The largest absolute Gasteiger partial charge is 0.484 e. The first kappa shape index (κ1) is 18.0. The Labute approximate surface area is 153 Å².